The minimum Gasteiger partial charge on any atom is -0.390 e. The van der Waals surface area contributed by atoms with Crippen LogP contribution in [-0.2, 0) is 20.0 Å². The summed E-state index contributed by atoms with van der Waals surface area (Å²) in [6.45, 7) is 2.31. The van der Waals surface area contributed by atoms with Crippen molar-refractivity contribution in [3.8, 4) is 11.1 Å². The predicted octanol–water partition coefficient (Wildman–Crippen LogP) is 1.24. The van der Waals surface area contributed by atoms with Crippen LogP contribution in [0, 0.1) is 0 Å². The van der Waals surface area contributed by atoms with Gasteiger partial charge in [0.05, 0.1) is 6.10 Å². The summed E-state index contributed by atoms with van der Waals surface area (Å²) < 4.78 is 3.15. The molecule has 5 rings (SSSR count). The third-order valence-corrected chi connectivity index (χ3v) is 6.16. The molecule has 4 aromatic rings. The van der Waals surface area contributed by atoms with Crippen LogP contribution in [0.5, 0.6) is 0 Å². The molecule has 9 heteroatoms. The van der Waals surface area contributed by atoms with Gasteiger partial charge in [0.15, 0.2) is 0 Å². The van der Waals surface area contributed by atoms with Gasteiger partial charge in [0.2, 0.25) is 5.78 Å². The van der Waals surface area contributed by atoms with Crippen molar-refractivity contribution < 1.29 is 9.90 Å². The summed E-state index contributed by atoms with van der Waals surface area (Å²) in [4.78, 5) is 35.3. The molecule has 4 heterocycles. The first-order valence-corrected chi connectivity index (χ1v) is 11.2. The van der Waals surface area contributed by atoms with Crippen molar-refractivity contribution in [2.45, 2.75) is 19.1 Å². The molecule has 1 amide bonds. The molecule has 1 aliphatic rings. The standard InChI is InChI=1S/C25H26N6O3/c1-29-8-6-18(10-23(29)33)20-11-27-25-28-22(16-31(25)14-20)24(34)26-12-21(32)15-30-9-7-17-4-2-3-5-19(17)13-30/h2-6,8,10-11,14,16,21,32H,7,9,12-13,15H2,1H3,(H,26,34)/t21-/m0/s1. The summed E-state index contributed by atoms with van der Waals surface area (Å²) >= 11 is 0. The maximum atomic E-state index is 12.6. The van der Waals surface area contributed by atoms with Gasteiger partial charge in [-0.25, -0.2) is 9.97 Å². The van der Waals surface area contributed by atoms with E-state index >= 15 is 0 Å². The van der Waals surface area contributed by atoms with Crippen molar-refractivity contribution in [2.24, 2.45) is 7.05 Å². The van der Waals surface area contributed by atoms with Gasteiger partial charge in [-0.1, -0.05) is 24.3 Å². The number of nitrogens with one attached hydrogen (secondary N) is 1. The molecule has 34 heavy (non-hydrogen) atoms. The van der Waals surface area contributed by atoms with E-state index < -0.39 is 6.10 Å². The number of amides is 1. The fourth-order valence-electron chi connectivity index (χ4n) is 4.25. The van der Waals surface area contributed by atoms with Crippen molar-refractivity contribution in [3.05, 3.63) is 88.4 Å². The lowest BCUT2D eigenvalue weighted by molar-refractivity contribution is 0.0838. The van der Waals surface area contributed by atoms with E-state index in [2.05, 4.69) is 38.4 Å². The number of aryl methyl sites for hydroxylation is 1. The van der Waals surface area contributed by atoms with Crippen molar-refractivity contribution in [1.29, 1.82) is 0 Å². The molecular formula is C25H26N6O3. The summed E-state index contributed by atoms with van der Waals surface area (Å²) in [6, 6.07) is 11.7. The van der Waals surface area contributed by atoms with Crippen molar-refractivity contribution >= 4 is 11.7 Å². The number of hydrogen-bond donors (Lipinski definition) is 2. The monoisotopic (exact) mass is 458 g/mol. The van der Waals surface area contributed by atoms with Crippen LogP contribution in [0.2, 0.25) is 0 Å². The molecule has 0 saturated carbocycles. The number of benzene rings is 1. The number of aliphatic hydroxyl groups excluding tert-OH is 1. The Morgan fingerprint density at radius 1 is 1.18 bits per heavy atom. The molecule has 1 atom stereocenters. The fraction of sp³-hybridized carbons (Fsp3) is 0.280. The van der Waals surface area contributed by atoms with E-state index in [-0.39, 0.29) is 23.7 Å². The maximum absolute atomic E-state index is 12.6. The topological polar surface area (TPSA) is 105 Å². The number of β-amino-alcohol motifs (C(OH)–C–C–N with tert-alkyl or cyclic N) is 1. The Labute approximate surface area is 196 Å². The minimum atomic E-state index is -0.684. The second-order valence-corrected chi connectivity index (χ2v) is 8.66. The molecule has 0 spiro atoms. The van der Waals surface area contributed by atoms with Gasteiger partial charge < -0.3 is 15.0 Å². The van der Waals surface area contributed by atoms with E-state index in [9.17, 15) is 14.7 Å². The summed E-state index contributed by atoms with van der Waals surface area (Å²) in [6.07, 6.45) is 6.97. The van der Waals surface area contributed by atoms with Crippen LogP contribution in [0.4, 0.5) is 0 Å². The van der Waals surface area contributed by atoms with Gasteiger partial charge in [-0.05, 0) is 29.2 Å². The summed E-state index contributed by atoms with van der Waals surface area (Å²) in [5, 5.41) is 13.2. The SMILES string of the molecule is Cn1ccc(-c2cnc3nc(C(=O)NC[C@H](O)CN4CCc5ccccc5C4)cn3c2)cc1=O. The van der Waals surface area contributed by atoms with E-state index in [1.807, 2.05) is 12.1 Å². The highest BCUT2D eigenvalue weighted by Crippen LogP contribution is 2.19. The maximum Gasteiger partial charge on any atom is 0.271 e. The number of imidazole rings is 1. The predicted molar refractivity (Wildman–Crippen MR) is 127 cm³/mol. The molecule has 0 fully saturated rings. The zero-order valence-electron chi connectivity index (χ0n) is 18.9. The van der Waals surface area contributed by atoms with Gasteiger partial charge in [0, 0.05) is 69.6 Å². The number of nitrogens with zero attached hydrogens (tertiary/aromatic N) is 5. The van der Waals surface area contributed by atoms with Crippen LogP contribution in [0.3, 0.4) is 0 Å². The van der Waals surface area contributed by atoms with Crippen LogP contribution in [0.1, 0.15) is 21.6 Å². The summed E-state index contributed by atoms with van der Waals surface area (Å²) in [5.41, 5.74) is 4.23. The Bertz CT molecular complexity index is 1410. The minimum absolute atomic E-state index is 0.115. The molecule has 0 radical (unpaired) electrons. The van der Waals surface area contributed by atoms with Crippen molar-refractivity contribution in [3.63, 3.8) is 0 Å². The van der Waals surface area contributed by atoms with Gasteiger partial charge in [0.25, 0.3) is 11.5 Å². The number of hydrogen-bond acceptors (Lipinski definition) is 6. The van der Waals surface area contributed by atoms with Crippen LogP contribution >= 0.6 is 0 Å². The molecule has 1 aromatic carbocycles. The molecule has 0 bridgehead atoms. The Morgan fingerprint density at radius 2 is 2.00 bits per heavy atom. The van der Waals surface area contributed by atoms with Gasteiger partial charge in [-0.3, -0.25) is 18.9 Å². The first-order valence-electron chi connectivity index (χ1n) is 11.2. The zero-order chi connectivity index (χ0) is 23.7. The highest BCUT2D eigenvalue weighted by Gasteiger charge is 2.19. The van der Waals surface area contributed by atoms with E-state index in [0.29, 0.717) is 12.3 Å². The van der Waals surface area contributed by atoms with Gasteiger partial charge in [0.1, 0.15) is 5.69 Å². The number of carbonyl (C=O) groups excluding carboxylic acids is 1. The van der Waals surface area contributed by atoms with E-state index in [4.69, 9.17) is 0 Å². The van der Waals surface area contributed by atoms with Crippen LogP contribution in [-0.4, -0.2) is 60.6 Å². The lowest BCUT2D eigenvalue weighted by Crippen LogP contribution is -2.42. The number of rotatable bonds is 6. The molecule has 0 unspecified atom stereocenters. The first-order chi connectivity index (χ1) is 16.5. The van der Waals surface area contributed by atoms with E-state index in [1.165, 1.54) is 21.8 Å². The molecular weight excluding hydrogens is 432 g/mol. The third kappa shape index (κ3) is 4.61. The number of aromatic nitrogens is 4. The normalized spacial score (nSPS) is 14.6. The summed E-state index contributed by atoms with van der Waals surface area (Å²) in [5.74, 6) is 0.00827. The highest BCUT2D eigenvalue weighted by molar-refractivity contribution is 5.92. The smallest absolute Gasteiger partial charge is 0.271 e. The number of pyridine rings is 1. The lowest BCUT2D eigenvalue weighted by atomic mass is 10.00. The molecule has 2 N–H and O–H groups in total. The molecule has 0 saturated heterocycles. The number of aliphatic hydroxyl groups is 1. The van der Waals surface area contributed by atoms with Crippen LogP contribution < -0.4 is 10.9 Å². The van der Waals surface area contributed by atoms with Gasteiger partial charge in [-0.2, -0.15) is 0 Å². The van der Waals surface area contributed by atoms with Crippen molar-refractivity contribution in [2.75, 3.05) is 19.6 Å². The largest absolute Gasteiger partial charge is 0.390 e. The van der Waals surface area contributed by atoms with E-state index in [1.54, 1.807) is 36.2 Å². The second-order valence-electron chi connectivity index (χ2n) is 8.66. The second kappa shape index (κ2) is 9.20. The first kappa shape index (κ1) is 22.0. The average Bonchev–Trinajstić information content (AvgIpc) is 3.28. The Balaban J connectivity index is 1.20. The third-order valence-electron chi connectivity index (χ3n) is 6.16. The van der Waals surface area contributed by atoms with Gasteiger partial charge in [-0.15, -0.1) is 0 Å². The Kier molecular flexibility index (Phi) is 5.95. The molecule has 9 nitrogen and oxygen atoms in total. The Hall–Kier alpha value is -3.82. The quantitative estimate of drug-likeness (QED) is 0.451. The number of carbonyl (C=O) groups is 1. The fourth-order valence-corrected chi connectivity index (χ4v) is 4.25. The zero-order valence-corrected chi connectivity index (χ0v) is 18.9. The molecule has 1 aliphatic heterocycles. The average molecular weight is 459 g/mol. The molecule has 174 valence electrons. The number of fused-ring (bicyclic) bond motifs is 2. The molecule has 0 aliphatic carbocycles. The van der Waals surface area contributed by atoms with E-state index in [0.717, 1.165) is 30.6 Å². The van der Waals surface area contributed by atoms with Gasteiger partial charge >= 0.3 is 0 Å². The molecule has 3 aromatic heterocycles. The summed E-state index contributed by atoms with van der Waals surface area (Å²) in [7, 11) is 1.69. The van der Waals surface area contributed by atoms with Crippen molar-refractivity contribution in [1.82, 2.24) is 29.2 Å². The Morgan fingerprint density at radius 3 is 2.82 bits per heavy atom. The lowest BCUT2D eigenvalue weighted by Gasteiger charge is -2.30. The van der Waals surface area contributed by atoms with Crippen LogP contribution in [0.25, 0.3) is 16.9 Å². The van der Waals surface area contributed by atoms with Crippen LogP contribution in [0.15, 0.2) is 66.0 Å². The highest BCUT2D eigenvalue weighted by atomic mass is 16.3.